The molecule has 0 amide bonds. The Labute approximate surface area is 277 Å². The Morgan fingerprint density at radius 2 is 0.700 bits per heavy atom. The minimum absolute atomic E-state index is 0.207. The van der Waals surface area contributed by atoms with Gasteiger partial charge in [0.05, 0.1) is 80.0 Å². The van der Waals surface area contributed by atoms with Crippen molar-refractivity contribution in [2.75, 3.05) is 0 Å². The van der Waals surface area contributed by atoms with E-state index in [-0.39, 0.29) is 33.4 Å². The molecule has 0 atom stereocenters. The number of allylic oxidation sites excluding steroid dienone is 8. The molecule has 0 N–H and O–H groups in total. The van der Waals surface area contributed by atoms with Gasteiger partial charge >= 0.3 is 12.4 Å². The van der Waals surface area contributed by atoms with Crippen molar-refractivity contribution in [2.24, 2.45) is 0 Å². The molecular weight excluding hydrogens is 658 g/mol. The van der Waals surface area contributed by atoms with E-state index in [0.29, 0.717) is 0 Å². The molecule has 0 spiro atoms. The maximum atomic E-state index is 14.8. The SMILES string of the molecule is N#CC1=C(C(F)(F)F)/C(=C(\C#N)c2cc(C#N)cc(C#N)c2)c2cc3c(cc21)/C(=C(/C#N)c1cc(C#N)cc(C#N)c1)C(C(F)(F)F)=C3C#N. The highest BCUT2D eigenvalue weighted by Gasteiger charge is 2.49. The van der Waals surface area contributed by atoms with Gasteiger partial charge in [-0.25, -0.2) is 0 Å². The van der Waals surface area contributed by atoms with E-state index in [9.17, 15) is 68.4 Å². The van der Waals surface area contributed by atoms with E-state index < -0.39 is 79.2 Å². The minimum atomic E-state index is -5.34. The summed E-state index contributed by atoms with van der Waals surface area (Å²) >= 11 is 0. The number of nitrogens with zero attached hydrogens (tertiary/aromatic N) is 8. The van der Waals surface area contributed by atoms with Gasteiger partial charge in [0, 0.05) is 22.3 Å². The van der Waals surface area contributed by atoms with Crippen molar-refractivity contribution in [1.82, 2.24) is 0 Å². The number of hydrogen-bond acceptors (Lipinski definition) is 8. The summed E-state index contributed by atoms with van der Waals surface area (Å²) in [7, 11) is 0. The number of benzene rings is 3. The zero-order chi connectivity index (χ0) is 36.7. The Morgan fingerprint density at radius 1 is 0.400 bits per heavy atom. The van der Waals surface area contributed by atoms with Crippen LogP contribution in [0.2, 0.25) is 0 Å². The summed E-state index contributed by atoms with van der Waals surface area (Å²) < 4.78 is 89.0. The lowest BCUT2D eigenvalue weighted by molar-refractivity contribution is -0.0870. The van der Waals surface area contributed by atoms with E-state index in [0.717, 1.165) is 48.5 Å². The zero-order valence-corrected chi connectivity index (χ0v) is 24.5. The maximum absolute atomic E-state index is 14.8. The largest absolute Gasteiger partial charge is 0.418 e. The van der Waals surface area contributed by atoms with Gasteiger partial charge in [0.1, 0.15) is 24.3 Å². The molecule has 2 aliphatic carbocycles. The molecule has 0 heterocycles. The fraction of sp³-hybridized carbons (Fsp3) is 0.0556. The molecule has 50 heavy (non-hydrogen) atoms. The summed E-state index contributed by atoms with van der Waals surface area (Å²) in [6.45, 7) is 0. The Morgan fingerprint density at radius 3 is 0.920 bits per heavy atom. The Balaban J connectivity index is 2.01. The predicted octanol–water partition coefficient (Wildman–Crippen LogP) is 7.75. The summed E-state index contributed by atoms with van der Waals surface area (Å²) in [6, 6.07) is 20.8. The van der Waals surface area contributed by atoms with Gasteiger partial charge in [-0.15, -0.1) is 0 Å². The van der Waals surface area contributed by atoms with Crippen LogP contribution < -0.4 is 0 Å². The normalized spacial score (nSPS) is 15.2. The first kappa shape index (κ1) is 33.5. The lowest BCUT2D eigenvalue weighted by Gasteiger charge is -2.15. The van der Waals surface area contributed by atoms with E-state index in [4.69, 9.17) is 0 Å². The molecule has 0 aromatic heterocycles. The van der Waals surface area contributed by atoms with Gasteiger partial charge in [0.25, 0.3) is 0 Å². The molecule has 0 aliphatic heterocycles. The van der Waals surface area contributed by atoms with Crippen LogP contribution in [0, 0.1) is 90.6 Å². The molecule has 0 unspecified atom stereocenters. The number of nitriles is 8. The summed E-state index contributed by atoms with van der Waals surface area (Å²) in [4.78, 5) is 0. The van der Waals surface area contributed by atoms with Gasteiger partial charge in [-0.2, -0.15) is 68.4 Å². The molecule has 0 radical (unpaired) electrons. The van der Waals surface area contributed by atoms with Crippen LogP contribution >= 0.6 is 0 Å². The highest BCUT2D eigenvalue weighted by atomic mass is 19.4. The van der Waals surface area contributed by atoms with Crippen LogP contribution in [0.4, 0.5) is 26.3 Å². The fourth-order valence-corrected chi connectivity index (χ4v) is 5.87. The maximum Gasteiger partial charge on any atom is 0.418 e. The highest BCUT2D eigenvalue weighted by Crippen LogP contribution is 2.57. The van der Waals surface area contributed by atoms with E-state index in [2.05, 4.69) is 0 Å². The standard InChI is InChI=1S/C36H8F6N8/c37-35(38,39)33-29(15-49)23-8-26-24(7-25(23)31(33)27(13-47)21-3-17(9-43)1-18(4-21)10-44)30(16-50)34(36(40,41)42)32(26)28(14-48)22-5-19(11-45)2-20(6-22)12-46/h1-8H/b31-27+,32-28+. The number of rotatable bonds is 2. The second-order valence-corrected chi connectivity index (χ2v) is 10.4. The van der Waals surface area contributed by atoms with Crippen LogP contribution in [0.5, 0.6) is 0 Å². The molecule has 3 aromatic rings. The molecule has 3 aromatic carbocycles. The Bertz CT molecular complexity index is 2350. The average molecular weight is 667 g/mol. The number of alkyl halides is 6. The molecule has 0 fully saturated rings. The van der Waals surface area contributed by atoms with Crippen LogP contribution in [-0.2, 0) is 0 Å². The van der Waals surface area contributed by atoms with Crippen LogP contribution in [0.1, 0.15) is 55.6 Å². The second-order valence-electron chi connectivity index (χ2n) is 10.4. The van der Waals surface area contributed by atoms with Crippen LogP contribution in [0.15, 0.2) is 59.7 Å². The molecule has 0 saturated carbocycles. The molecule has 0 saturated heterocycles. The van der Waals surface area contributed by atoms with Crippen molar-refractivity contribution >= 4 is 33.4 Å². The predicted molar refractivity (Wildman–Crippen MR) is 160 cm³/mol. The van der Waals surface area contributed by atoms with E-state index in [1.54, 1.807) is 36.4 Å². The third kappa shape index (κ3) is 5.25. The fourth-order valence-electron chi connectivity index (χ4n) is 5.87. The third-order valence-corrected chi connectivity index (χ3v) is 7.71. The third-order valence-electron chi connectivity index (χ3n) is 7.71. The molecule has 0 bridgehead atoms. The Kier molecular flexibility index (Phi) is 8.07. The van der Waals surface area contributed by atoms with Crippen molar-refractivity contribution < 1.29 is 26.3 Å². The molecule has 5 rings (SSSR count). The molecule has 2 aliphatic rings. The van der Waals surface area contributed by atoms with Crippen molar-refractivity contribution in [3.63, 3.8) is 0 Å². The summed E-state index contributed by atoms with van der Waals surface area (Å²) in [5.41, 5.74) is -12.7. The second kappa shape index (κ2) is 12.0. The quantitative estimate of drug-likeness (QED) is 0.196. The zero-order valence-electron chi connectivity index (χ0n) is 24.5. The van der Waals surface area contributed by atoms with Crippen molar-refractivity contribution in [2.45, 2.75) is 12.4 Å². The van der Waals surface area contributed by atoms with Crippen molar-refractivity contribution in [3.8, 4) is 48.6 Å². The van der Waals surface area contributed by atoms with E-state index in [1.165, 1.54) is 12.1 Å². The average Bonchev–Trinajstić information content (AvgIpc) is 3.60. The number of fused-ring (bicyclic) bond motifs is 2. The minimum Gasteiger partial charge on any atom is -0.192 e. The summed E-state index contributed by atoms with van der Waals surface area (Å²) in [5.74, 6) is 0. The number of hydrogen-bond donors (Lipinski definition) is 0. The van der Waals surface area contributed by atoms with Gasteiger partial charge in [-0.05, 0) is 70.8 Å². The van der Waals surface area contributed by atoms with Crippen molar-refractivity contribution in [3.05, 3.63) is 115 Å². The molecular formula is C36H8F6N8. The number of halogens is 6. The topological polar surface area (TPSA) is 190 Å². The molecule has 14 heteroatoms. The summed E-state index contributed by atoms with van der Waals surface area (Å²) in [6.07, 6.45) is -10.7. The van der Waals surface area contributed by atoms with Gasteiger partial charge in [0.2, 0.25) is 0 Å². The van der Waals surface area contributed by atoms with Crippen LogP contribution in [-0.4, -0.2) is 12.4 Å². The highest BCUT2D eigenvalue weighted by molar-refractivity contribution is 6.19. The first-order valence-electron chi connectivity index (χ1n) is 13.5. The van der Waals surface area contributed by atoms with Gasteiger partial charge < -0.3 is 0 Å². The monoisotopic (exact) mass is 666 g/mol. The van der Waals surface area contributed by atoms with Crippen molar-refractivity contribution in [1.29, 1.82) is 42.1 Å². The van der Waals surface area contributed by atoms with Gasteiger partial charge in [-0.3, -0.25) is 0 Å². The van der Waals surface area contributed by atoms with Crippen LogP contribution in [0.25, 0.3) is 33.4 Å². The molecule has 234 valence electrons. The first-order chi connectivity index (χ1) is 23.7. The van der Waals surface area contributed by atoms with Crippen LogP contribution in [0.3, 0.4) is 0 Å². The smallest absolute Gasteiger partial charge is 0.192 e. The van der Waals surface area contributed by atoms with Gasteiger partial charge in [-0.1, -0.05) is 0 Å². The lowest BCUT2D eigenvalue weighted by Crippen LogP contribution is -2.13. The van der Waals surface area contributed by atoms with Gasteiger partial charge in [0.15, 0.2) is 0 Å². The summed E-state index contributed by atoms with van der Waals surface area (Å²) in [5, 5.41) is 78.1. The Hall–Kier alpha value is -7.88. The lowest BCUT2D eigenvalue weighted by atomic mass is 9.88. The molecule has 8 nitrogen and oxygen atoms in total. The first-order valence-corrected chi connectivity index (χ1v) is 13.5. The van der Waals surface area contributed by atoms with E-state index >= 15 is 0 Å². The van der Waals surface area contributed by atoms with E-state index in [1.807, 2.05) is 0 Å².